The first-order chi connectivity index (χ1) is 11.6. The molecule has 2 saturated heterocycles. The summed E-state index contributed by atoms with van der Waals surface area (Å²) in [5, 5.41) is 11.3. The van der Waals surface area contributed by atoms with Gasteiger partial charge in [0.2, 0.25) is 0 Å². The Labute approximate surface area is 149 Å². The van der Waals surface area contributed by atoms with Crippen LogP contribution in [0.25, 0.3) is 0 Å². The smallest absolute Gasteiger partial charge is 0.410 e. The fourth-order valence-corrected chi connectivity index (χ4v) is 4.21. The minimum atomic E-state index is -1.02. The van der Waals surface area contributed by atoms with Crippen LogP contribution < -0.4 is 0 Å². The number of amides is 1. The first-order valence-electron chi connectivity index (χ1n) is 9.09. The minimum absolute atomic E-state index is 0.0438. The topological polar surface area (TPSA) is 49.8 Å². The number of nitrogens with zero attached hydrogens (tertiary/aromatic N) is 1. The number of carbonyl (C=O) groups excluding carboxylic acids is 1. The van der Waals surface area contributed by atoms with Gasteiger partial charge in [-0.05, 0) is 64.2 Å². The number of rotatable bonds is 1. The van der Waals surface area contributed by atoms with Crippen molar-refractivity contribution < 1.29 is 19.0 Å². The number of piperidine rings is 2. The fourth-order valence-electron chi connectivity index (χ4n) is 4.21. The predicted octanol–water partition coefficient (Wildman–Crippen LogP) is 4.27. The summed E-state index contributed by atoms with van der Waals surface area (Å²) in [5.41, 5.74) is -0.280. The molecule has 3 rings (SSSR count). The Bertz CT molecular complexity index is 653. The molecule has 4 nitrogen and oxygen atoms in total. The van der Waals surface area contributed by atoms with Gasteiger partial charge in [-0.25, -0.2) is 9.18 Å². The third-order valence-corrected chi connectivity index (χ3v) is 5.31. The highest BCUT2D eigenvalue weighted by Gasteiger charge is 2.49. The number of aliphatic hydroxyl groups is 1. The normalized spacial score (nSPS) is 29.4. The molecule has 2 unspecified atom stereocenters. The Kier molecular flexibility index (Phi) is 4.56. The first-order valence-corrected chi connectivity index (χ1v) is 9.09. The second-order valence-corrected chi connectivity index (χ2v) is 8.53. The van der Waals surface area contributed by atoms with E-state index in [1.165, 1.54) is 6.07 Å². The molecular weight excluding hydrogens is 321 g/mol. The van der Waals surface area contributed by atoms with Gasteiger partial charge in [-0.1, -0.05) is 12.1 Å². The Hall–Kier alpha value is -1.62. The lowest BCUT2D eigenvalue weighted by Crippen LogP contribution is -2.59. The van der Waals surface area contributed by atoms with Gasteiger partial charge in [0.1, 0.15) is 11.4 Å². The minimum Gasteiger partial charge on any atom is -0.444 e. The molecule has 1 amide bonds. The van der Waals surface area contributed by atoms with Crippen LogP contribution in [0.15, 0.2) is 18.2 Å². The fraction of sp³-hybridized carbons (Fsp3) is 0.650. The molecule has 25 heavy (non-hydrogen) atoms. The number of carbonyl (C=O) groups is 1. The molecule has 0 saturated carbocycles. The molecule has 0 spiro atoms. The van der Waals surface area contributed by atoms with Crippen LogP contribution in [-0.4, -0.2) is 33.8 Å². The molecule has 0 aromatic heterocycles. The number of benzene rings is 1. The second-order valence-electron chi connectivity index (χ2n) is 8.53. The molecule has 2 heterocycles. The molecule has 2 fully saturated rings. The van der Waals surface area contributed by atoms with Crippen molar-refractivity contribution in [2.24, 2.45) is 0 Å². The van der Waals surface area contributed by atoms with Crippen LogP contribution in [0.3, 0.4) is 0 Å². The highest BCUT2D eigenvalue weighted by Crippen LogP contribution is 2.45. The third-order valence-electron chi connectivity index (χ3n) is 5.31. The predicted molar refractivity (Wildman–Crippen MR) is 93.8 cm³/mol. The maximum absolute atomic E-state index is 13.6. The quantitative estimate of drug-likeness (QED) is 0.823. The van der Waals surface area contributed by atoms with Gasteiger partial charge >= 0.3 is 6.09 Å². The molecule has 1 N–H and O–H groups in total. The molecule has 2 aliphatic heterocycles. The summed E-state index contributed by atoms with van der Waals surface area (Å²) in [6.07, 6.45) is 3.41. The Morgan fingerprint density at radius 1 is 1.28 bits per heavy atom. The average molecular weight is 349 g/mol. The summed E-state index contributed by atoms with van der Waals surface area (Å²) in [5.74, 6) is -0.265. The lowest BCUT2D eigenvalue weighted by molar-refractivity contribution is -0.0965. The van der Waals surface area contributed by atoms with Gasteiger partial charge in [-0.15, -0.1) is 0 Å². The van der Waals surface area contributed by atoms with Crippen molar-refractivity contribution in [1.29, 1.82) is 0 Å². The maximum atomic E-state index is 13.6. The Morgan fingerprint density at radius 2 is 1.88 bits per heavy atom. The van der Waals surface area contributed by atoms with E-state index in [1.54, 1.807) is 19.1 Å². The molecule has 0 radical (unpaired) electrons. The largest absolute Gasteiger partial charge is 0.444 e. The van der Waals surface area contributed by atoms with Crippen LogP contribution in [0.1, 0.15) is 64.0 Å². The summed E-state index contributed by atoms with van der Waals surface area (Å²) in [6, 6.07) is 4.73. The number of aryl methyl sites for hydroxylation is 1. The summed E-state index contributed by atoms with van der Waals surface area (Å²) in [4.78, 5) is 14.5. The van der Waals surface area contributed by atoms with Crippen molar-refractivity contribution in [1.82, 2.24) is 4.90 Å². The molecule has 0 aliphatic carbocycles. The van der Waals surface area contributed by atoms with E-state index in [4.69, 9.17) is 4.74 Å². The van der Waals surface area contributed by atoms with Crippen molar-refractivity contribution in [3.05, 3.63) is 35.1 Å². The van der Waals surface area contributed by atoms with Crippen molar-refractivity contribution >= 4 is 6.09 Å². The SMILES string of the molecule is Cc1cc(C2(O)CC3CCCC(C2)N3C(=O)OC(C)(C)C)ccc1F. The van der Waals surface area contributed by atoms with Crippen LogP contribution in [0, 0.1) is 12.7 Å². The van der Waals surface area contributed by atoms with Gasteiger partial charge in [-0.3, -0.25) is 0 Å². The van der Waals surface area contributed by atoms with Gasteiger partial charge in [0.25, 0.3) is 0 Å². The van der Waals surface area contributed by atoms with Gasteiger partial charge in [0.05, 0.1) is 5.60 Å². The van der Waals surface area contributed by atoms with Gasteiger partial charge < -0.3 is 14.7 Å². The zero-order valence-corrected chi connectivity index (χ0v) is 15.5. The van der Waals surface area contributed by atoms with Crippen LogP contribution in [0.5, 0.6) is 0 Å². The van der Waals surface area contributed by atoms with E-state index in [9.17, 15) is 14.3 Å². The molecule has 2 atom stereocenters. The standard InChI is InChI=1S/C20H28FNO3/c1-13-10-14(8-9-17(13)21)20(24)11-15-6-5-7-16(12-20)22(15)18(23)25-19(2,3)4/h8-10,15-16,24H,5-7,11-12H2,1-4H3. The summed E-state index contributed by atoms with van der Waals surface area (Å²) in [6.45, 7) is 7.30. The van der Waals surface area contributed by atoms with Crippen LogP contribution in [-0.2, 0) is 10.3 Å². The van der Waals surface area contributed by atoms with Crippen LogP contribution in [0.4, 0.5) is 9.18 Å². The van der Waals surface area contributed by atoms with Crippen molar-refractivity contribution in [3.8, 4) is 0 Å². The summed E-state index contributed by atoms with van der Waals surface area (Å²) in [7, 11) is 0. The maximum Gasteiger partial charge on any atom is 0.410 e. The first kappa shape index (κ1) is 18.2. The second kappa shape index (κ2) is 6.27. The summed E-state index contributed by atoms with van der Waals surface area (Å²) < 4.78 is 19.2. The number of halogens is 1. The molecule has 138 valence electrons. The lowest BCUT2D eigenvalue weighted by Gasteiger charge is -2.52. The van der Waals surface area contributed by atoms with Crippen molar-refractivity contribution in [3.63, 3.8) is 0 Å². The lowest BCUT2D eigenvalue weighted by atomic mass is 9.72. The van der Waals surface area contributed by atoms with Gasteiger partial charge in [0.15, 0.2) is 0 Å². The summed E-state index contributed by atoms with van der Waals surface area (Å²) >= 11 is 0. The van der Waals surface area contributed by atoms with Gasteiger partial charge in [-0.2, -0.15) is 0 Å². The zero-order valence-electron chi connectivity index (χ0n) is 15.5. The number of hydrogen-bond donors (Lipinski definition) is 1. The molecule has 1 aromatic carbocycles. The Balaban J connectivity index is 1.85. The number of ether oxygens (including phenoxy) is 1. The van der Waals surface area contributed by atoms with Crippen molar-refractivity contribution in [2.45, 2.75) is 83.1 Å². The third kappa shape index (κ3) is 3.66. The van der Waals surface area contributed by atoms with E-state index in [0.29, 0.717) is 18.4 Å². The number of fused-ring (bicyclic) bond motifs is 2. The van der Waals surface area contributed by atoms with E-state index >= 15 is 0 Å². The highest BCUT2D eigenvalue weighted by molar-refractivity contribution is 5.69. The zero-order chi connectivity index (χ0) is 18.4. The monoisotopic (exact) mass is 349 g/mol. The highest BCUT2D eigenvalue weighted by atomic mass is 19.1. The van der Waals surface area contributed by atoms with Crippen molar-refractivity contribution in [2.75, 3.05) is 0 Å². The molecule has 1 aromatic rings. The van der Waals surface area contributed by atoms with E-state index in [-0.39, 0.29) is 24.0 Å². The number of hydrogen-bond acceptors (Lipinski definition) is 3. The Morgan fingerprint density at radius 3 is 2.40 bits per heavy atom. The molecular formula is C20H28FNO3. The molecule has 2 bridgehead atoms. The van der Waals surface area contributed by atoms with E-state index < -0.39 is 11.2 Å². The molecule has 2 aliphatic rings. The van der Waals surface area contributed by atoms with E-state index in [1.807, 2.05) is 25.7 Å². The molecule has 5 heteroatoms. The van der Waals surface area contributed by atoms with E-state index in [0.717, 1.165) is 24.8 Å². The average Bonchev–Trinajstić information content (AvgIpc) is 2.47. The van der Waals surface area contributed by atoms with Crippen LogP contribution >= 0.6 is 0 Å². The van der Waals surface area contributed by atoms with Gasteiger partial charge in [0, 0.05) is 24.9 Å². The van der Waals surface area contributed by atoms with E-state index in [2.05, 4.69) is 0 Å². The van der Waals surface area contributed by atoms with Crippen LogP contribution in [0.2, 0.25) is 0 Å².